The van der Waals surface area contributed by atoms with Crippen LogP contribution in [0, 0.1) is 5.41 Å². The van der Waals surface area contributed by atoms with Crippen LogP contribution in [-0.2, 0) is 0 Å². The van der Waals surface area contributed by atoms with Crippen LogP contribution in [0.5, 0.6) is 0 Å². The Hall–Kier alpha value is -0.0800. The van der Waals surface area contributed by atoms with Crippen molar-refractivity contribution < 1.29 is 5.11 Å². The van der Waals surface area contributed by atoms with Crippen molar-refractivity contribution in [3.8, 4) is 0 Å². The molecule has 0 amide bonds. The summed E-state index contributed by atoms with van der Waals surface area (Å²) < 4.78 is 0. The molecule has 0 aromatic heterocycles. The minimum atomic E-state index is -0.0695. The lowest BCUT2D eigenvalue weighted by atomic mass is 9.58. The number of aliphatic hydroxyl groups is 1. The first kappa shape index (κ1) is 10.0. The van der Waals surface area contributed by atoms with Crippen molar-refractivity contribution in [3.05, 3.63) is 0 Å². The van der Waals surface area contributed by atoms with Gasteiger partial charge in [0.15, 0.2) is 0 Å². The lowest BCUT2D eigenvalue weighted by Gasteiger charge is -2.56. The molecular formula is C10H21NO. The number of aliphatic hydroxyl groups excluding tert-OH is 1. The molecule has 1 aliphatic rings. The minimum Gasteiger partial charge on any atom is -0.392 e. The highest BCUT2D eigenvalue weighted by molar-refractivity contribution is 5.05. The van der Waals surface area contributed by atoms with Crippen LogP contribution in [0.2, 0.25) is 0 Å². The molecule has 0 aromatic rings. The molecule has 1 N–H and O–H groups in total. The first-order chi connectivity index (χ1) is 5.58. The Morgan fingerprint density at radius 3 is 2.00 bits per heavy atom. The van der Waals surface area contributed by atoms with Crippen LogP contribution < -0.4 is 0 Å². The van der Waals surface area contributed by atoms with E-state index in [9.17, 15) is 5.11 Å². The molecule has 0 aliphatic heterocycles. The van der Waals surface area contributed by atoms with Crippen LogP contribution in [0.4, 0.5) is 0 Å². The van der Waals surface area contributed by atoms with Crippen LogP contribution >= 0.6 is 0 Å². The molecule has 1 aliphatic carbocycles. The third-order valence-corrected chi connectivity index (χ3v) is 3.71. The number of hydrogen-bond acceptors (Lipinski definition) is 2. The van der Waals surface area contributed by atoms with Crippen molar-refractivity contribution >= 4 is 0 Å². The molecule has 1 saturated carbocycles. The van der Waals surface area contributed by atoms with E-state index in [1.54, 1.807) is 0 Å². The second kappa shape index (κ2) is 3.35. The maximum absolute atomic E-state index is 9.75. The van der Waals surface area contributed by atoms with Crippen LogP contribution in [0.15, 0.2) is 0 Å². The summed E-state index contributed by atoms with van der Waals surface area (Å²) in [7, 11) is 4.22. The molecule has 0 saturated heterocycles. The van der Waals surface area contributed by atoms with E-state index in [1.807, 2.05) is 0 Å². The Labute approximate surface area is 75.6 Å². The van der Waals surface area contributed by atoms with Gasteiger partial charge in [0, 0.05) is 11.5 Å². The van der Waals surface area contributed by atoms with Gasteiger partial charge in [0.05, 0.1) is 6.10 Å². The van der Waals surface area contributed by atoms with Crippen LogP contribution in [0.1, 0.15) is 33.1 Å². The molecule has 0 aromatic carbocycles. The Balaban J connectivity index is 2.69. The van der Waals surface area contributed by atoms with Gasteiger partial charge in [-0.25, -0.2) is 0 Å². The molecule has 2 atom stereocenters. The highest BCUT2D eigenvalue weighted by Crippen LogP contribution is 2.48. The summed E-state index contributed by atoms with van der Waals surface area (Å²) in [6.45, 7) is 4.37. The van der Waals surface area contributed by atoms with E-state index >= 15 is 0 Å². The summed E-state index contributed by atoms with van der Waals surface area (Å²) in [5.74, 6) is 0. The van der Waals surface area contributed by atoms with Crippen molar-refractivity contribution in [2.45, 2.75) is 45.3 Å². The maximum Gasteiger partial charge on any atom is 0.0626 e. The van der Waals surface area contributed by atoms with E-state index in [0.717, 1.165) is 19.3 Å². The summed E-state index contributed by atoms with van der Waals surface area (Å²) >= 11 is 0. The summed E-state index contributed by atoms with van der Waals surface area (Å²) in [6, 6.07) is 0.586. The molecule has 1 rings (SSSR count). The first-order valence-corrected chi connectivity index (χ1v) is 4.93. The molecule has 0 bridgehead atoms. The van der Waals surface area contributed by atoms with E-state index in [0.29, 0.717) is 6.04 Å². The van der Waals surface area contributed by atoms with Crippen LogP contribution in [-0.4, -0.2) is 36.2 Å². The predicted octanol–water partition coefficient (Wildman–Crippen LogP) is 1.49. The zero-order valence-electron chi connectivity index (χ0n) is 8.67. The number of rotatable bonds is 3. The summed E-state index contributed by atoms with van der Waals surface area (Å²) in [5.41, 5.74) is 0.184. The van der Waals surface area contributed by atoms with E-state index < -0.39 is 0 Å². The number of nitrogens with zero attached hydrogens (tertiary/aromatic N) is 1. The van der Waals surface area contributed by atoms with Crippen molar-refractivity contribution in [2.75, 3.05) is 14.1 Å². The van der Waals surface area contributed by atoms with Crippen LogP contribution in [0.3, 0.4) is 0 Å². The van der Waals surface area contributed by atoms with E-state index in [-0.39, 0.29) is 11.5 Å². The number of hydrogen-bond donors (Lipinski definition) is 1. The minimum absolute atomic E-state index is 0.0695. The van der Waals surface area contributed by atoms with Gasteiger partial charge in [0.2, 0.25) is 0 Å². The molecule has 72 valence electrons. The molecular weight excluding hydrogens is 150 g/mol. The fourth-order valence-electron chi connectivity index (χ4n) is 2.66. The second-order valence-corrected chi connectivity index (χ2v) is 4.17. The quantitative estimate of drug-likeness (QED) is 0.695. The fourth-order valence-corrected chi connectivity index (χ4v) is 2.66. The van der Waals surface area contributed by atoms with Gasteiger partial charge in [0.25, 0.3) is 0 Å². The molecule has 1 fully saturated rings. The third kappa shape index (κ3) is 1.17. The summed E-state index contributed by atoms with van der Waals surface area (Å²) in [4.78, 5) is 2.25. The summed E-state index contributed by atoms with van der Waals surface area (Å²) in [5, 5.41) is 9.75. The molecule has 2 heteroatoms. The lowest BCUT2D eigenvalue weighted by molar-refractivity contribution is -0.134. The highest BCUT2D eigenvalue weighted by atomic mass is 16.3. The second-order valence-electron chi connectivity index (χ2n) is 4.17. The van der Waals surface area contributed by atoms with Gasteiger partial charge >= 0.3 is 0 Å². The molecule has 0 spiro atoms. The van der Waals surface area contributed by atoms with Gasteiger partial charge in [-0.3, -0.25) is 0 Å². The van der Waals surface area contributed by atoms with Crippen molar-refractivity contribution in [1.29, 1.82) is 0 Å². The SMILES string of the molecule is CCC1(CC)C(O)CC1N(C)C. The average molecular weight is 171 g/mol. The Morgan fingerprint density at radius 2 is 1.83 bits per heavy atom. The van der Waals surface area contributed by atoms with Crippen molar-refractivity contribution in [3.63, 3.8) is 0 Å². The van der Waals surface area contributed by atoms with E-state index in [4.69, 9.17) is 0 Å². The Bertz CT molecular complexity index is 152. The van der Waals surface area contributed by atoms with Gasteiger partial charge in [-0.2, -0.15) is 0 Å². The topological polar surface area (TPSA) is 23.5 Å². The standard InChI is InChI=1S/C10H21NO/c1-5-10(6-2)8(11(3)4)7-9(10)12/h8-9,12H,5-7H2,1-4H3. The largest absolute Gasteiger partial charge is 0.392 e. The maximum atomic E-state index is 9.75. The normalized spacial score (nSPS) is 33.5. The molecule has 0 heterocycles. The average Bonchev–Trinajstić information content (AvgIpc) is 2.02. The Kier molecular flexibility index (Phi) is 2.79. The van der Waals surface area contributed by atoms with Gasteiger partial charge in [-0.1, -0.05) is 13.8 Å². The molecule has 2 nitrogen and oxygen atoms in total. The van der Waals surface area contributed by atoms with Crippen LogP contribution in [0.25, 0.3) is 0 Å². The van der Waals surface area contributed by atoms with Crippen molar-refractivity contribution in [2.24, 2.45) is 5.41 Å². The zero-order chi connectivity index (χ0) is 9.35. The van der Waals surface area contributed by atoms with Gasteiger partial charge in [0.1, 0.15) is 0 Å². The zero-order valence-corrected chi connectivity index (χ0v) is 8.67. The molecule has 0 radical (unpaired) electrons. The van der Waals surface area contributed by atoms with Gasteiger partial charge in [-0.15, -0.1) is 0 Å². The fraction of sp³-hybridized carbons (Fsp3) is 1.00. The smallest absolute Gasteiger partial charge is 0.0626 e. The summed E-state index contributed by atoms with van der Waals surface area (Å²) in [6.07, 6.45) is 3.07. The highest BCUT2D eigenvalue weighted by Gasteiger charge is 2.52. The van der Waals surface area contributed by atoms with E-state index in [2.05, 4.69) is 32.8 Å². The first-order valence-electron chi connectivity index (χ1n) is 4.93. The predicted molar refractivity (Wildman–Crippen MR) is 51.1 cm³/mol. The Morgan fingerprint density at radius 1 is 1.33 bits per heavy atom. The van der Waals surface area contributed by atoms with Crippen molar-refractivity contribution in [1.82, 2.24) is 4.90 Å². The van der Waals surface area contributed by atoms with Gasteiger partial charge in [-0.05, 0) is 33.4 Å². The molecule has 12 heavy (non-hydrogen) atoms. The monoisotopic (exact) mass is 171 g/mol. The van der Waals surface area contributed by atoms with Gasteiger partial charge < -0.3 is 10.0 Å². The lowest BCUT2D eigenvalue weighted by Crippen LogP contribution is -2.61. The van der Waals surface area contributed by atoms with E-state index in [1.165, 1.54) is 0 Å². The molecule has 2 unspecified atom stereocenters. The third-order valence-electron chi connectivity index (χ3n) is 3.71.